The van der Waals surface area contributed by atoms with Gasteiger partial charge < -0.3 is 9.88 Å². The minimum Gasteiger partial charge on any atom is -0.307 e. The molecule has 1 aromatic carbocycles. The van der Waals surface area contributed by atoms with Crippen LogP contribution in [0.5, 0.6) is 0 Å². The fourth-order valence-electron chi connectivity index (χ4n) is 4.33. The van der Waals surface area contributed by atoms with Crippen LogP contribution in [0.25, 0.3) is 0 Å². The first kappa shape index (κ1) is 22.8. The number of pyridine rings is 1. The second kappa shape index (κ2) is 9.64. The van der Waals surface area contributed by atoms with Gasteiger partial charge in [-0.15, -0.1) is 0 Å². The largest absolute Gasteiger partial charge is 0.416 e. The van der Waals surface area contributed by atoms with E-state index in [-0.39, 0.29) is 5.92 Å². The Hall–Kier alpha value is -3.36. The van der Waals surface area contributed by atoms with E-state index < -0.39 is 29.2 Å². The number of anilines is 1. The Bertz CT molecular complexity index is 1150. The third-order valence-corrected chi connectivity index (χ3v) is 6.02. The number of aromatic nitrogens is 3. The fraction of sp³-hybridized carbons (Fsp3) is 0.375. The molecular formula is C24H25F3N4O2. The Balaban J connectivity index is 1.54. The van der Waals surface area contributed by atoms with Crippen LogP contribution in [-0.4, -0.2) is 20.3 Å². The molecule has 0 aliphatic heterocycles. The summed E-state index contributed by atoms with van der Waals surface area (Å²) in [4.78, 5) is 25.7. The Morgan fingerprint density at radius 3 is 2.48 bits per heavy atom. The molecule has 1 aliphatic carbocycles. The highest BCUT2D eigenvalue weighted by Crippen LogP contribution is 2.33. The number of carbonyl (C=O) groups is 1. The minimum absolute atomic E-state index is 0.241. The number of benzene rings is 1. The molecule has 1 fully saturated rings. The number of carbonyl (C=O) groups excluding carboxylic acids is 1. The van der Waals surface area contributed by atoms with Crippen molar-refractivity contribution in [3.8, 4) is 0 Å². The Labute approximate surface area is 189 Å². The van der Waals surface area contributed by atoms with Crippen molar-refractivity contribution in [3.05, 3.63) is 82.4 Å². The van der Waals surface area contributed by atoms with Crippen LogP contribution < -0.4 is 10.9 Å². The smallest absolute Gasteiger partial charge is 0.307 e. The second-order valence-corrected chi connectivity index (χ2v) is 8.43. The lowest BCUT2D eigenvalue weighted by Crippen LogP contribution is -2.34. The van der Waals surface area contributed by atoms with Gasteiger partial charge in [-0.2, -0.15) is 18.3 Å². The van der Waals surface area contributed by atoms with E-state index in [4.69, 9.17) is 0 Å². The van der Waals surface area contributed by atoms with Gasteiger partial charge in [-0.3, -0.25) is 14.3 Å². The van der Waals surface area contributed by atoms with E-state index >= 15 is 0 Å². The average Bonchev–Trinajstić information content (AvgIpc) is 3.44. The van der Waals surface area contributed by atoms with E-state index in [1.807, 2.05) is 30.3 Å². The lowest BCUT2D eigenvalue weighted by atomic mass is 9.97. The Morgan fingerprint density at radius 1 is 1.09 bits per heavy atom. The molecule has 9 heteroatoms. The highest BCUT2D eigenvalue weighted by atomic mass is 19.4. The van der Waals surface area contributed by atoms with Gasteiger partial charge in [-0.05, 0) is 24.0 Å². The summed E-state index contributed by atoms with van der Waals surface area (Å²) in [6.45, 7) is 0.528. The van der Waals surface area contributed by atoms with Crippen LogP contribution in [-0.2, 0) is 17.5 Å². The lowest BCUT2D eigenvalue weighted by Gasteiger charge is -2.22. The number of hydrogen-bond acceptors (Lipinski definition) is 3. The first-order chi connectivity index (χ1) is 15.8. The summed E-state index contributed by atoms with van der Waals surface area (Å²) in [5, 5.41) is 7.11. The molecule has 2 heterocycles. The first-order valence-corrected chi connectivity index (χ1v) is 11.0. The summed E-state index contributed by atoms with van der Waals surface area (Å²) < 4.78 is 41.8. The van der Waals surface area contributed by atoms with Crippen LogP contribution in [0.15, 0.2) is 65.7 Å². The van der Waals surface area contributed by atoms with Gasteiger partial charge in [-0.25, -0.2) is 0 Å². The summed E-state index contributed by atoms with van der Waals surface area (Å²) in [6.07, 6.45) is 2.54. The van der Waals surface area contributed by atoms with Crippen LogP contribution in [0.3, 0.4) is 0 Å². The number of hydrogen-bond donors (Lipinski definition) is 1. The van der Waals surface area contributed by atoms with Crippen molar-refractivity contribution in [1.82, 2.24) is 14.3 Å². The van der Waals surface area contributed by atoms with Crippen molar-refractivity contribution < 1.29 is 18.0 Å². The molecule has 174 valence electrons. The number of nitrogens with one attached hydrogen (secondary N) is 1. The maximum absolute atomic E-state index is 13.2. The van der Waals surface area contributed by atoms with Crippen molar-refractivity contribution in [2.24, 2.45) is 5.92 Å². The molecule has 6 nitrogen and oxygen atoms in total. The Morgan fingerprint density at radius 2 is 1.82 bits per heavy atom. The summed E-state index contributed by atoms with van der Waals surface area (Å²) in [5.41, 5.74) is -0.824. The predicted molar refractivity (Wildman–Crippen MR) is 118 cm³/mol. The summed E-state index contributed by atoms with van der Waals surface area (Å²) >= 11 is 0. The van der Waals surface area contributed by atoms with Gasteiger partial charge in [0, 0.05) is 24.5 Å². The second-order valence-electron chi connectivity index (χ2n) is 8.43. The molecule has 1 amide bonds. The van der Waals surface area contributed by atoms with E-state index in [9.17, 15) is 22.8 Å². The average molecular weight is 458 g/mol. The van der Waals surface area contributed by atoms with Gasteiger partial charge >= 0.3 is 6.18 Å². The molecule has 33 heavy (non-hydrogen) atoms. The van der Waals surface area contributed by atoms with Gasteiger partial charge in [0.1, 0.15) is 6.04 Å². The van der Waals surface area contributed by atoms with Crippen LogP contribution in [0.4, 0.5) is 19.0 Å². The third-order valence-electron chi connectivity index (χ3n) is 6.02. The van der Waals surface area contributed by atoms with Gasteiger partial charge in [0.2, 0.25) is 5.91 Å². The van der Waals surface area contributed by atoms with Gasteiger partial charge in [0.05, 0.1) is 12.1 Å². The number of halogens is 3. The monoisotopic (exact) mass is 458 g/mol. The maximum Gasteiger partial charge on any atom is 0.416 e. The molecule has 0 saturated heterocycles. The molecular weight excluding hydrogens is 433 g/mol. The molecule has 0 unspecified atom stereocenters. The van der Waals surface area contributed by atoms with Gasteiger partial charge in [-0.1, -0.05) is 56.0 Å². The van der Waals surface area contributed by atoms with E-state index in [1.165, 1.54) is 0 Å². The number of amides is 1. The zero-order chi connectivity index (χ0) is 23.4. The molecule has 2 aromatic heterocycles. The summed E-state index contributed by atoms with van der Waals surface area (Å²) in [6, 6.07) is 11.8. The highest BCUT2D eigenvalue weighted by molar-refractivity contribution is 5.92. The maximum atomic E-state index is 13.2. The van der Waals surface area contributed by atoms with E-state index in [1.54, 1.807) is 16.9 Å². The standard InChI is InChI=1S/C24H25F3N4O2/c25-24(26,27)19-10-13-31(22(32)15-19)20(14-17-6-4-5-7-17)23(33)28-21-11-12-30(29-21)16-18-8-2-1-3-9-18/h1-3,8-13,15,17,20H,4-7,14,16H2,(H,28,29,33)/t20-/m0/s1. The third kappa shape index (κ3) is 5.71. The quantitative estimate of drug-likeness (QED) is 0.549. The number of rotatable bonds is 7. The van der Waals surface area contributed by atoms with Crippen LogP contribution >= 0.6 is 0 Å². The van der Waals surface area contributed by atoms with Crippen LogP contribution in [0.1, 0.15) is 49.3 Å². The topological polar surface area (TPSA) is 68.9 Å². The summed E-state index contributed by atoms with van der Waals surface area (Å²) in [7, 11) is 0. The zero-order valence-electron chi connectivity index (χ0n) is 18.0. The summed E-state index contributed by atoms with van der Waals surface area (Å²) in [5.74, 6) is 0.103. The van der Waals surface area contributed by atoms with Crippen molar-refractivity contribution in [2.75, 3.05) is 5.32 Å². The van der Waals surface area contributed by atoms with Gasteiger partial charge in [0.25, 0.3) is 5.56 Å². The lowest BCUT2D eigenvalue weighted by molar-refractivity contribution is -0.137. The van der Waals surface area contributed by atoms with Crippen molar-refractivity contribution in [2.45, 2.75) is 50.9 Å². The zero-order valence-corrected chi connectivity index (χ0v) is 18.0. The molecule has 1 aliphatic rings. The Kier molecular flexibility index (Phi) is 6.67. The highest BCUT2D eigenvalue weighted by Gasteiger charge is 2.33. The number of nitrogens with zero attached hydrogens (tertiary/aromatic N) is 3. The van der Waals surface area contributed by atoms with Crippen LogP contribution in [0, 0.1) is 5.92 Å². The molecule has 1 saturated carbocycles. The molecule has 0 spiro atoms. The van der Waals surface area contributed by atoms with E-state index in [2.05, 4.69) is 10.4 Å². The van der Waals surface area contributed by atoms with Crippen molar-refractivity contribution in [3.63, 3.8) is 0 Å². The molecule has 3 aromatic rings. The van der Waals surface area contributed by atoms with Crippen LogP contribution in [0.2, 0.25) is 0 Å². The molecule has 0 bridgehead atoms. The van der Waals surface area contributed by atoms with Gasteiger partial charge in [0.15, 0.2) is 5.82 Å². The van der Waals surface area contributed by atoms with Crippen molar-refractivity contribution >= 4 is 11.7 Å². The molecule has 1 atom stereocenters. The van der Waals surface area contributed by atoms with E-state index in [0.717, 1.165) is 48.1 Å². The number of alkyl halides is 3. The molecule has 0 radical (unpaired) electrons. The minimum atomic E-state index is -4.62. The first-order valence-electron chi connectivity index (χ1n) is 11.0. The predicted octanol–water partition coefficient (Wildman–Crippen LogP) is 4.87. The SMILES string of the molecule is O=C(Nc1ccn(Cc2ccccc2)n1)[C@H](CC1CCCC1)n1ccc(C(F)(F)F)cc1=O. The normalized spacial score (nSPS) is 15.5. The molecule has 1 N–H and O–H groups in total. The molecule has 4 rings (SSSR count). The van der Waals surface area contributed by atoms with Crippen molar-refractivity contribution in [1.29, 1.82) is 0 Å². The fourth-order valence-corrected chi connectivity index (χ4v) is 4.33. The van der Waals surface area contributed by atoms with E-state index in [0.29, 0.717) is 24.8 Å².